The van der Waals surface area contributed by atoms with Crippen molar-refractivity contribution in [3.05, 3.63) is 38.7 Å². The molecule has 0 spiro atoms. The third-order valence-corrected chi connectivity index (χ3v) is 11.2. The molecule has 0 amide bonds. The molecule has 3 fully saturated rings. The number of Topliss-reactive ketones (excluding diaryl/α,β-unsaturated/α-hetero) is 1. The van der Waals surface area contributed by atoms with Gasteiger partial charge in [-0.15, -0.1) is 0 Å². The van der Waals surface area contributed by atoms with Gasteiger partial charge in [0, 0.05) is 71.6 Å². The van der Waals surface area contributed by atoms with Gasteiger partial charge in [-0.3, -0.25) is 9.69 Å². The van der Waals surface area contributed by atoms with Crippen LogP contribution in [0, 0.1) is 12.8 Å². The second-order valence-corrected chi connectivity index (χ2v) is 14.0. The Kier molecular flexibility index (Phi) is 11.0. The van der Waals surface area contributed by atoms with Crippen molar-refractivity contribution in [2.75, 3.05) is 75.9 Å². The predicted octanol–water partition coefficient (Wildman–Crippen LogP) is 5.14. The summed E-state index contributed by atoms with van der Waals surface area (Å²) in [7, 11) is 1.65. The van der Waals surface area contributed by atoms with Crippen molar-refractivity contribution in [1.82, 2.24) is 24.8 Å². The van der Waals surface area contributed by atoms with Crippen LogP contribution in [0.5, 0.6) is 0 Å². The summed E-state index contributed by atoms with van der Waals surface area (Å²) >= 11 is 13.8. The molecule has 15 heteroatoms. The zero-order chi connectivity index (χ0) is 33.1. The number of piperazine rings is 1. The fraction of sp³-hybridized carbons (Fsp3) is 0.594. The number of carbonyl (C=O) groups is 2. The van der Waals surface area contributed by atoms with Gasteiger partial charge in [0.15, 0.2) is 10.9 Å². The van der Waals surface area contributed by atoms with Crippen molar-refractivity contribution in [3.8, 4) is 11.4 Å². The number of esters is 1. The predicted molar refractivity (Wildman–Crippen MR) is 182 cm³/mol. The van der Waals surface area contributed by atoms with E-state index in [1.165, 1.54) is 11.3 Å². The van der Waals surface area contributed by atoms with Gasteiger partial charge >= 0.3 is 5.97 Å². The molecule has 0 aromatic carbocycles. The molecular formula is C32H41Cl2N7O5S. The minimum atomic E-state index is -0.444. The molecule has 3 aromatic rings. The smallest absolute Gasteiger partial charge is 0.350 e. The summed E-state index contributed by atoms with van der Waals surface area (Å²) in [4.78, 5) is 50.7. The summed E-state index contributed by atoms with van der Waals surface area (Å²) in [6.45, 7) is 10.4. The highest BCUT2D eigenvalue weighted by Crippen LogP contribution is 2.37. The molecular weight excluding hydrogens is 665 g/mol. The summed E-state index contributed by atoms with van der Waals surface area (Å²) in [6, 6.07) is 0. The number of ketones is 1. The third kappa shape index (κ3) is 7.60. The van der Waals surface area contributed by atoms with Gasteiger partial charge in [0.25, 0.3) is 0 Å². The number of aryl methyl sites for hydroxylation is 1. The van der Waals surface area contributed by atoms with E-state index in [1.807, 2.05) is 0 Å². The molecule has 3 aliphatic rings. The van der Waals surface area contributed by atoms with E-state index in [2.05, 4.69) is 19.7 Å². The standard InChI is InChI=1S/C32H41Cl2N7O5S/c1-4-45-31(43)30-28(22-15-36-25(16-35-22)40-11-9-39(10-12-40)17-21-6-5-13-46-21)38-32(47-30)41-8-7-20(24(18-41)44-3)14-23(42)29-27(34)26(33)19(2)37-29/h15-16,20-21,24,37H,4-14,17-18H2,1-3H3/t20-,21?,24-/m0/s1. The Labute approximate surface area is 288 Å². The van der Waals surface area contributed by atoms with Gasteiger partial charge in [-0.25, -0.2) is 19.7 Å². The van der Waals surface area contributed by atoms with Crippen LogP contribution in [0.2, 0.25) is 10.0 Å². The van der Waals surface area contributed by atoms with Crippen molar-refractivity contribution < 1.29 is 23.8 Å². The van der Waals surface area contributed by atoms with Crippen LogP contribution in [0.1, 0.15) is 58.5 Å². The van der Waals surface area contributed by atoms with Crippen LogP contribution in [-0.2, 0) is 14.2 Å². The number of carbonyl (C=O) groups excluding carboxylic acids is 2. The van der Waals surface area contributed by atoms with Crippen molar-refractivity contribution >= 4 is 57.2 Å². The summed E-state index contributed by atoms with van der Waals surface area (Å²) in [6.07, 6.45) is 6.82. The number of anilines is 2. The molecule has 3 saturated heterocycles. The van der Waals surface area contributed by atoms with E-state index in [1.54, 1.807) is 33.4 Å². The van der Waals surface area contributed by atoms with Crippen LogP contribution < -0.4 is 9.80 Å². The Balaban J connectivity index is 1.13. The SMILES string of the molecule is CCOC(=O)c1sc(N2CC[C@@H](CC(=O)c3[nH]c(C)c(Cl)c3Cl)[C@@H](OC)C2)nc1-c1cnc(N2CCN(CC3CCCO3)CC2)cn1. The summed E-state index contributed by atoms with van der Waals surface area (Å²) < 4.78 is 17.1. The Morgan fingerprint density at radius 2 is 1.89 bits per heavy atom. The Morgan fingerprint density at radius 1 is 1.09 bits per heavy atom. The van der Waals surface area contributed by atoms with E-state index in [4.69, 9.17) is 52.4 Å². The normalized spacial score (nSPS) is 22.2. The van der Waals surface area contributed by atoms with Crippen molar-refractivity contribution in [3.63, 3.8) is 0 Å². The molecule has 3 aliphatic heterocycles. The van der Waals surface area contributed by atoms with E-state index in [9.17, 15) is 9.59 Å². The highest BCUT2D eigenvalue weighted by molar-refractivity contribution is 7.17. The number of H-pyrrole nitrogens is 1. The molecule has 0 saturated carbocycles. The Hall–Kier alpha value is -2.81. The quantitative estimate of drug-likeness (QED) is 0.211. The lowest BCUT2D eigenvalue weighted by atomic mass is 9.88. The lowest BCUT2D eigenvalue weighted by Crippen LogP contribution is -2.48. The minimum Gasteiger partial charge on any atom is -0.462 e. The molecule has 1 N–H and O–H groups in total. The lowest BCUT2D eigenvalue weighted by molar-refractivity contribution is 0.0375. The minimum absolute atomic E-state index is 0.0255. The molecule has 6 heterocycles. The van der Waals surface area contributed by atoms with E-state index in [0.29, 0.717) is 63.4 Å². The maximum atomic E-state index is 13.1. The second-order valence-electron chi connectivity index (χ2n) is 12.2. The van der Waals surface area contributed by atoms with Crippen LogP contribution in [0.3, 0.4) is 0 Å². The number of rotatable bonds is 11. The highest BCUT2D eigenvalue weighted by atomic mass is 35.5. The van der Waals surface area contributed by atoms with Gasteiger partial charge in [-0.2, -0.15) is 0 Å². The molecule has 0 aliphatic carbocycles. The first-order valence-electron chi connectivity index (χ1n) is 16.2. The number of nitrogens with zero attached hydrogens (tertiary/aromatic N) is 6. The molecule has 3 aromatic heterocycles. The van der Waals surface area contributed by atoms with Gasteiger partial charge in [0.2, 0.25) is 0 Å². The van der Waals surface area contributed by atoms with Gasteiger partial charge < -0.3 is 29.0 Å². The molecule has 47 heavy (non-hydrogen) atoms. The fourth-order valence-corrected chi connectivity index (χ4v) is 7.98. The van der Waals surface area contributed by atoms with Crippen LogP contribution in [0.25, 0.3) is 11.4 Å². The third-order valence-electron chi connectivity index (χ3n) is 9.19. The number of ether oxygens (including phenoxy) is 3. The first-order valence-corrected chi connectivity index (χ1v) is 17.8. The number of methoxy groups -OCH3 is 1. The number of aromatic nitrogens is 4. The van der Waals surface area contributed by atoms with E-state index in [0.717, 1.165) is 58.0 Å². The van der Waals surface area contributed by atoms with Gasteiger partial charge in [0.05, 0.1) is 41.3 Å². The van der Waals surface area contributed by atoms with Gasteiger partial charge in [0.1, 0.15) is 27.8 Å². The first kappa shape index (κ1) is 34.1. The molecule has 0 radical (unpaired) electrons. The average Bonchev–Trinajstić information content (AvgIpc) is 3.83. The largest absolute Gasteiger partial charge is 0.462 e. The number of halogens is 2. The number of hydrogen-bond acceptors (Lipinski definition) is 12. The molecule has 254 valence electrons. The fourth-order valence-electron chi connectivity index (χ4n) is 6.54. The van der Waals surface area contributed by atoms with Crippen molar-refractivity contribution in [2.45, 2.75) is 51.7 Å². The second kappa shape index (κ2) is 15.2. The topological polar surface area (TPSA) is 126 Å². The van der Waals surface area contributed by atoms with E-state index >= 15 is 0 Å². The zero-order valence-corrected chi connectivity index (χ0v) is 29.3. The molecule has 1 unspecified atom stereocenters. The van der Waals surface area contributed by atoms with Crippen LogP contribution >= 0.6 is 34.5 Å². The van der Waals surface area contributed by atoms with E-state index < -0.39 is 5.97 Å². The summed E-state index contributed by atoms with van der Waals surface area (Å²) in [5.74, 6) is 0.230. The van der Waals surface area contributed by atoms with Crippen molar-refractivity contribution in [2.24, 2.45) is 5.92 Å². The molecule has 3 atom stereocenters. The number of aromatic amines is 1. The van der Waals surface area contributed by atoms with Crippen LogP contribution in [0.4, 0.5) is 10.9 Å². The van der Waals surface area contributed by atoms with Gasteiger partial charge in [-0.05, 0) is 39.0 Å². The van der Waals surface area contributed by atoms with Gasteiger partial charge in [-0.1, -0.05) is 34.5 Å². The molecule has 6 rings (SSSR count). The molecule has 0 bridgehead atoms. The average molecular weight is 707 g/mol. The molecule has 12 nitrogen and oxygen atoms in total. The Morgan fingerprint density at radius 3 is 2.53 bits per heavy atom. The number of hydrogen-bond donors (Lipinski definition) is 1. The highest BCUT2D eigenvalue weighted by Gasteiger charge is 2.35. The van der Waals surface area contributed by atoms with Crippen LogP contribution in [-0.4, -0.2) is 115 Å². The monoisotopic (exact) mass is 705 g/mol. The van der Waals surface area contributed by atoms with Crippen molar-refractivity contribution in [1.29, 1.82) is 0 Å². The summed E-state index contributed by atoms with van der Waals surface area (Å²) in [5, 5.41) is 1.29. The first-order chi connectivity index (χ1) is 22.7. The number of piperidine rings is 1. The summed E-state index contributed by atoms with van der Waals surface area (Å²) in [5.41, 5.74) is 1.96. The zero-order valence-electron chi connectivity index (χ0n) is 27.0. The van der Waals surface area contributed by atoms with Crippen LogP contribution in [0.15, 0.2) is 12.4 Å². The number of thiazole rings is 1. The maximum Gasteiger partial charge on any atom is 0.350 e. The Bertz CT molecular complexity index is 1550. The maximum absolute atomic E-state index is 13.1. The lowest BCUT2D eigenvalue weighted by Gasteiger charge is -2.37. The number of nitrogens with one attached hydrogen (secondary N) is 1. The van der Waals surface area contributed by atoms with E-state index in [-0.39, 0.29) is 35.9 Å².